The molecule has 116 valence electrons. The molecule has 2 amide bonds. The van der Waals surface area contributed by atoms with Crippen molar-refractivity contribution in [2.45, 2.75) is 32.1 Å². The summed E-state index contributed by atoms with van der Waals surface area (Å²) in [5, 5.41) is 3.08. The van der Waals surface area contributed by atoms with Crippen LogP contribution in [-0.2, 0) is 16.0 Å². The fraction of sp³-hybridized carbons (Fsp3) is 0.444. The van der Waals surface area contributed by atoms with E-state index >= 15 is 0 Å². The molecule has 1 saturated heterocycles. The van der Waals surface area contributed by atoms with Crippen molar-refractivity contribution in [3.8, 4) is 0 Å². The average molecular weight is 298 g/mol. The van der Waals surface area contributed by atoms with Crippen molar-refractivity contribution < 1.29 is 9.59 Å². The smallest absolute Gasteiger partial charge is 0.226 e. The molecule has 1 N–H and O–H groups in total. The third-order valence-corrected chi connectivity index (χ3v) is 4.89. The van der Waals surface area contributed by atoms with Crippen LogP contribution in [0.2, 0.25) is 0 Å². The van der Waals surface area contributed by atoms with Crippen LogP contribution in [-0.4, -0.2) is 30.3 Å². The maximum absolute atomic E-state index is 12.2. The average Bonchev–Trinajstić information content (AvgIpc) is 2.95. The topological polar surface area (TPSA) is 49.4 Å². The summed E-state index contributed by atoms with van der Waals surface area (Å²) >= 11 is 0. The number of hydrogen-bond acceptors (Lipinski definition) is 2. The third kappa shape index (κ3) is 2.78. The molecule has 0 bridgehead atoms. The fourth-order valence-electron chi connectivity index (χ4n) is 3.60. The van der Waals surface area contributed by atoms with Crippen molar-refractivity contribution in [2.75, 3.05) is 13.6 Å². The maximum Gasteiger partial charge on any atom is 0.226 e. The van der Waals surface area contributed by atoms with Crippen LogP contribution in [0.4, 0.5) is 0 Å². The Hall–Kier alpha value is -2.10. The maximum atomic E-state index is 12.2. The molecule has 1 heterocycles. The van der Waals surface area contributed by atoms with Crippen molar-refractivity contribution in [3.63, 3.8) is 0 Å². The third-order valence-electron chi connectivity index (χ3n) is 4.89. The summed E-state index contributed by atoms with van der Waals surface area (Å²) in [5.74, 6) is 0.228. The number of fused-ring (bicyclic) bond motifs is 1. The quantitative estimate of drug-likeness (QED) is 0.927. The lowest BCUT2D eigenvalue weighted by Gasteiger charge is -2.41. The van der Waals surface area contributed by atoms with Crippen LogP contribution in [0.1, 0.15) is 31.2 Å². The Balaban J connectivity index is 1.62. The van der Waals surface area contributed by atoms with Gasteiger partial charge in [0.1, 0.15) is 0 Å². The zero-order valence-corrected chi connectivity index (χ0v) is 13.0. The van der Waals surface area contributed by atoms with Gasteiger partial charge in [-0.05, 0) is 24.8 Å². The van der Waals surface area contributed by atoms with Gasteiger partial charge in [0.05, 0.1) is 6.42 Å². The Labute approximate surface area is 131 Å². The minimum Gasteiger partial charge on any atom is -0.355 e. The fourth-order valence-corrected chi connectivity index (χ4v) is 3.60. The van der Waals surface area contributed by atoms with E-state index in [1.807, 2.05) is 37.4 Å². The molecule has 22 heavy (non-hydrogen) atoms. The number of likely N-dealkylation sites (tertiary alicyclic amines) is 1. The van der Waals surface area contributed by atoms with Crippen molar-refractivity contribution in [2.24, 2.45) is 5.41 Å². The van der Waals surface area contributed by atoms with Crippen molar-refractivity contribution >= 4 is 11.8 Å². The number of hydrogen-bond donors (Lipinski definition) is 1. The van der Waals surface area contributed by atoms with E-state index in [2.05, 4.69) is 11.4 Å². The van der Waals surface area contributed by atoms with Gasteiger partial charge in [0.25, 0.3) is 0 Å². The number of nitrogens with one attached hydrogen (secondary N) is 1. The molecule has 4 nitrogen and oxygen atoms in total. The van der Waals surface area contributed by atoms with E-state index in [0.29, 0.717) is 19.4 Å². The number of piperidine rings is 1. The predicted octanol–water partition coefficient (Wildman–Crippen LogP) is 2.26. The van der Waals surface area contributed by atoms with Gasteiger partial charge in [-0.25, -0.2) is 0 Å². The number of benzene rings is 1. The summed E-state index contributed by atoms with van der Waals surface area (Å²) in [6.07, 6.45) is 5.98. The SMILES string of the molecule is CN1C(=O)CCC2(CNC(=O)Cc3ccccc3)CCC=C12. The van der Waals surface area contributed by atoms with Gasteiger partial charge in [-0.1, -0.05) is 36.4 Å². The van der Waals surface area contributed by atoms with Gasteiger partial charge in [-0.2, -0.15) is 0 Å². The van der Waals surface area contributed by atoms with E-state index in [4.69, 9.17) is 0 Å². The normalized spacial score (nSPS) is 24.0. The summed E-state index contributed by atoms with van der Waals surface area (Å²) in [7, 11) is 1.85. The predicted molar refractivity (Wildman–Crippen MR) is 84.9 cm³/mol. The van der Waals surface area contributed by atoms with Gasteiger partial charge in [-0.15, -0.1) is 0 Å². The zero-order chi connectivity index (χ0) is 15.6. The first-order valence-electron chi connectivity index (χ1n) is 7.89. The van der Waals surface area contributed by atoms with Crippen LogP contribution in [0.3, 0.4) is 0 Å². The molecule has 0 saturated carbocycles. The summed E-state index contributed by atoms with van der Waals surface area (Å²) in [5.41, 5.74) is 2.08. The van der Waals surface area contributed by atoms with Gasteiger partial charge in [0.2, 0.25) is 11.8 Å². The Morgan fingerprint density at radius 3 is 2.82 bits per heavy atom. The highest BCUT2D eigenvalue weighted by Crippen LogP contribution is 2.46. The molecule has 0 radical (unpaired) electrons. The number of allylic oxidation sites excluding steroid dienone is 1. The van der Waals surface area contributed by atoms with Crippen LogP contribution in [0.25, 0.3) is 0 Å². The second-order valence-corrected chi connectivity index (χ2v) is 6.30. The van der Waals surface area contributed by atoms with Crippen LogP contribution in [0.15, 0.2) is 42.1 Å². The van der Waals surface area contributed by atoms with E-state index in [0.717, 1.165) is 30.5 Å². The molecular formula is C18H22N2O2. The molecule has 1 atom stereocenters. The highest BCUT2D eigenvalue weighted by atomic mass is 16.2. The molecule has 1 fully saturated rings. The van der Waals surface area contributed by atoms with Gasteiger partial charge in [-0.3, -0.25) is 9.59 Å². The van der Waals surface area contributed by atoms with E-state index in [-0.39, 0.29) is 17.2 Å². The Morgan fingerprint density at radius 1 is 1.27 bits per heavy atom. The number of amides is 2. The molecule has 0 aromatic heterocycles. The largest absolute Gasteiger partial charge is 0.355 e. The Bertz CT molecular complexity index is 609. The molecule has 1 aromatic carbocycles. The first kappa shape index (κ1) is 14.8. The Kier molecular flexibility index (Phi) is 4.01. The first-order valence-corrected chi connectivity index (χ1v) is 7.89. The molecule has 1 aliphatic heterocycles. The summed E-state index contributed by atoms with van der Waals surface area (Å²) in [4.78, 5) is 25.8. The highest BCUT2D eigenvalue weighted by Gasteiger charge is 2.44. The van der Waals surface area contributed by atoms with E-state index in [1.165, 1.54) is 0 Å². The number of carbonyl (C=O) groups is 2. The van der Waals surface area contributed by atoms with Gasteiger partial charge in [0.15, 0.2) is 0 Å². The molecule has 0 spiro atoms. The van der Waals surface area contributed by atoms with Gasteiger partial charge < -0.3 is 10.2 Å². The Morgan fingerprint density at radius 2 is 2.05 bits per heavy atom. The molecular weight excluding hydrogens is 276 g/mol. The van der Waals surface area contributed by atoms with Gasteiger partial charge >= 0.3 is 0 Å². The first-order chi connectivity index (χ1) is 10.6. The van der Waals surface area contributed by atoms with Crippen molar-refractivity contribution in [1.82, 2.24) is 10.2 Å². The lowest BCUT2D eigenvalue weighted by atomic mass is 9.77. The van der Waals surface area contributed by atoms with Crippen LogP contribution >= 0.6 is 0 Å². The standard InChI is InChI=1S/C18H22N2O2/c1-20-15-8-5-10-18(15,11-9-17(20)22)13-19-16(21)12-14-6-3-2-4-7-14/h2-4,6-8H,5,9-13H2,1H3,(H,19,21). The minimum atomic E-state index is -0.0466. The van der Waals surface area contributed by atoms with E-state index in [9.17, 15) is 9.59 Å². The highest BCUT2D eigenvalue weighted by molar-refractivity contribution is 5.80. The van der Waals surface area contributed by atoms with E-state index in [1.54, 1.807) is 4.90 Å². The number of rotatable bonds is 4. The van der Waals surface area contributed by atoms with Crippen LogP contribution in [0, 0.1) is 5.41 Å². The molecule has 1 unspecified atom stereocenters. The number of nitrogens with zero attached hydrogens (tertiary/aromatic N) is 1. The second-order valence-electron chi connectivity index (χ2n) is 6.30. The summed E-state index contributed by atoms with van der Waals surface area (Å²) < 4.78 is 0. The lowest BCUT2D eigenvalue weighted by Crippen LogP contribution is -2.46. The zero-order valence-electron chi connectivity index (χ0n) is 13.0. The number of carbonyl (C=O) groups excluding carboxylic acids is 2. The lowest BCUT2D eigenvalue weighted by molar-refractivity contribution is -0.132. The molecule has 3 rings (SSSR count). The second kappa shape index (κ2) is 5.95. The summed E-state index contributed by atoms with van der Waals surface area (Å²) in [6.45, 7) is 0.627. The monoisotopic (exact) mass is 298 g/mol. The molecule has 2 aliphatic rings. The van der Waals surface area contributed by atoms with E-state index < -0.39 is 0 Å². The molecule has 1 aromatic rings. The summed E-state index contributed by atoms with van der Waals surface area (Å²) in [6, 6.07) is 9.77. The molecule has 4 heteroatoms. The van der Waals surface area contributed by atoms with Crippen LogP contribution in [0.5, 0.6) is 0 Å². The van der Waals surface area contributed by atoms with Crippen molar-refractivity contribution in [1.29, 1.82) is 0 Å². The van der Waals surface area contributed by atoms with Crippen LogP contribution < -0.4 is 5.32 Å². The van der Waals surface area contributed by atoms with Crippen molar-refractivity contribution in [3.05, 3.63) is 47.7 Å². The van der Waals surface area contributed by atoms with Gasteiger partial charge in [0, 0.05) is 31.1 Å². The minimum absolute atomic E-state index is 0.0466. The molecule has 1 aliphatic carbocycles.